The topological polar surface area (TPSA) is 104 Å². The van der Waals surface area contributed by atoms with Crippen LogP contribution >= 0.6 is 0 Å². The van der Waals surface area contributed by atoms with Crippen LogP contribution in [0.25, 0.3) is 0 Å². The summed E-state index contributed by atoms with van der Waals surface area (Å²) in [4.78, 5) is 4.00. The van der Waals surface area contributed by atoms with Crippen LogP contribution in [0.5, 0.6) is 0 Å². The van der Waals surface area contributed by atoms with Gasteiger partial charge in [0.15, 0.2) is 11.4 Å². The molecule has 1 heterocycles. The van der Waals surface area contributed by atoms with E-state index in [1.54, 1.807) is 36.4 Å². The van der Waals surface area contributed by atoms with Crippen LogP contribution in [0.2, 0.25) is 0 Å². The molecule has 0 saturated carbocycles. The third kappa shape index (κ3) is 3.81. The molecule has 0 bridgehead atoms. The molecule has 98 valence electrons. The van der Waals surface area contributed by atoms with Crippen LogP contribution in [0.1, 0.15) is 5.69 Å². The summed E-state index contributed by atoms with van der Waals surface area (Å²) in [7, 11) is 0. The molecule has 1 aromatic rings. The van der Waals surface area contributed by atoms with Crippen LogP contribution in [0.4, 0.5) is 0 Å². The van der Waals surface area contributed by atoms with Crippen molar-refractivity contribution in [3.8, 4) is 0 Å². The van der Waals surface area contributed by atoms with Gasteiger partial charge in [0.2, 0.25) is 0 Å². The van der Waals surface area contributed by atoms with Crippen LogP contribution in [0.3, 0.4) is 0 Å². The minimum Gasteiger partial charge on any atom is -0.410 e. The van der Waals surface area contributed by atoms with Gasteiger partial charge < -0.3 is 16.1 Å². The monoisotopic (exact) mass is 258 g/mol. The molecular weight excluding hydrogens is 244 g/mol. The number of nitrogens with zero attached hydrogens (tertiary/aromatic N) is 3. The molecular formula is C13H14N4O2. The number of hydrogen-bond donors (Lipinski definition) is 3. The minimum atomic E-state index is -0.0742. The summed E-state index contributed by atoms with van der Waals surface area (Å²) in [5.74, 6) is 0. The molecule has 0 radical (unpaired) electrons. The maximum absolute atomic E-state index is 9.04. The zero-order chi connectivity index (χ0) is 14.1. The molecule has 0 atom stereocenters. The van der Waals surface area contributed by atoms with E-state index in [2.05, 4.69) is 21.9 Å². The molecule has 4 N–H and O–H groups in total. The van der Waals surface area contributed by atoms with Crippen molar-refractivity contribution in [1.29, 1.82) is 0 Å². The maximum atomic E-state index is 9.04. The Kier molecular flexibility index (Phi) is 5.55. The molecule has 0 aromatic carbocycles. The highest BCUT2D eigenvalue weighted by molar-refractivity contribution is 6.52. The molecule has 19 heavy (non-hydrogen) atoms. The molecule has 6 heteroatoms. The van der Waals surface area contributed by atoms with Gasteiger partial charge >= 0.3 is 0 Å². The average molecular weight is 258 g/mol. The number of pyridine rings is 1. The second-order valence-electron chi connectivity index (χ2n) is 3.35. The Morgan fingerprint density at radius 2 is 2.05 bits per heavy atom. The highest BCUT2D eigenvalue weighted by Crippen LogP contribution is 2.04. The number of oxime groups is 2. The zero-order valence-corrected chi connectivity index (χ0v) is 10.1. The van der Waals surface area contributed by atoms with Crippen molar-refractivity contribution in [1.82, 2.24) is 4.98 Å². The SMILES string of the molecule is C=C\C=C/C=C(N)/C(=N\O)C(=N\O)/c1ccccn1. The van der Waals surface area contributed by atoms with E-state index < -0.39 is 0 Å². The highest BCUT2D eigenvalue weighted by atomic mass is 16.4. The summed E-state index contributed by atoms with van der Waals surface area (Å²) in [6.45, 7) is 3.51. The predicted octanol–water partition coefficient (Wildman–Crippen LogP) is 1.67. The second kappa shape index (κ2) is 7.44. The first-order valence-electron chi connectivity index (χ1n) is 5.35. The van der Waals surface area contributed by atoms with Gasteiger partial charge in [-0.15, -0.1) is 0 Å². The van der Waals surface area contributed by atoms with E-state index in [0.717, 1.165) is 0 Å². The van der Waals surface area contributed by atoms with E-state index >= 15 is 0 Å². The number of nitrogens with two attached hydrogens (primary N) is 1. The second-order valence-corrected chi connectivity index (χ2v) is 3.35. The molecule has 0 fully saturated rings. The Hall–Kier alpha value is -2.89. The lowest BCUT2D eigenvalue weighted by Crippen LogP contribution is -2.23. The van der Waals surface area contributed by atoms with Crippen molar-refractivity contribution in [3.63, 3.8) is 0 Å². The molecule has 0 aliphatic rings. The van der Waals surface area contributed by atoms with Crippen LogP contribution in [-0.4, -0.2) is 26.8 Å². The van der Waals surface area contributed by atoms with Crippen LogP contribution < -0.4 is 5.73 Å². The first kappa shape index (κ1) is 14.2. The molecule has 6 nitrogen and oxygen atoms in total. The van der Waals surface area contributed by atoms with Crippen molar-refractivity contribution in [2.45, 2.75) is 0 Å². The maximum Gasteiger partial charge on any atom is 0.159 e. The van der Waals surface area contributed by atoms with Gasteiger partial charge in [0.25, 0.3) is 0 Å². The first-order chi connectivity index (χ1) is 9.24. The number of allylic oxidation sites excluding steroid dienone is 5. The summed E-state index contributed by atoms with van der Waals surface area (Å²) >= 11 is 0. The normalized spacial score (nSPS) is 13.8. The van der Waals surface area contributed by atoms with E-state index in [-0.39, 0.29) is 17.1 Å². The van der Waals surface area contributed by atoms with Crippen molar-refractivity contribution in [2.24, 2.45) is 16.0 Å². The highest BCUT2D eigenvalue weighted by Gasteiger charge is 2.16. The van der Waals surface area contributed by atoms with Crippen molar-refractivity contribution in [2.75, 3.05) is 0 Å². The zero-order valence-electron chi connectivity index (χ0n) is 10.1. The third-order valence-electron chi connectivity index (χ3n) is 2.13. The quantitative estimate of drug-likeness (QED) is 0.323. The molecule has 1 rings (SSSR count). The fraction of sp³-hybridized carbons (Fsp3) is 0. The lowest BCUT2D eigenvalue weighted by Gasteiger charge is -2.05. The summed E-state index contributed by atoms with van der Waals surface area (Å²) in [6.07, 6.45) is 7.84. The van der Waals surface area contributed by atoms with E-state index in [1.165, 1.54) is 12.3 Å². The van der Waals surface area contributed by atoms with Gasteiger partial charge in [-0.05, 0) is 18.2 Å². The third-order valence-corrected chi connectivity index (χ3v) is 2.13. The van der Waals surface area contributed by atoms with E-state index in [4.69, 9.17) is 16.1 Å². The number of rotatable bonds is 5. The van der Waals surface area contributed by atoms with Gasteiger partial charge in [0, 0.05) is 6.20 Å². The van der Waals surface area contributed by atoms with Gasteiger partial charge in [-0.2, -0.15) is 0 Å². The van der Waals surface area contributed by atoms with Crippen LogP contribution in [0, 0.1) is 0 Å². The number of aromatic nitrogens is 1. The standard InChI is InChI=1S/C13H14N4O2/c1-2-3-4-7-10(14)12(16-18)13(17-19)11-8-5-6-9-15-11/h2-9,18-19H,1,14H2/b4-3-,10-7-,16-12+,17-13-. The van der Waals surface area contributed by atoms with E-state index in [0.29, 0.717) is 5.69 Å². The minimum absolute atomic E-state index is 0.0242. The van der Waals surface area contributed by atoms with Crippen LogP contribution in [0.15, 0.2) is 71.3 Å². The molecule has 0 unspecified atom stereocenters. The van der Waals surface area contributed by atoms with Gasteiger partial charge in [-0.1, -0.05) is 41.2 Å². The largest absolute Gasteiger partial charge is 0.410 e. The van der Waals surface area contributed by atoms with Crippen molar-refractivity contribution in [3.05, 3.63) is 66.7 Å². The fourth-order valence-corrected chi connectivity index (χ4v) is 1.28. The summed E-state index contributed by atoms with van der Waals surface area (Å²) in [5.41, 5.74) is 6.11. The predicted molar refractivity (Wildman–Crippen MR) is 73.4 cm³/mol. The molecule has 0 aliphatic carbocycles. The van der Waals surface area contributed by atoms with E-state index in [1.807, 2.05) is 0 Å². The fourth-order valence-electron chi connectivity index (χ4n) is 1.28. The van der Waals surface area contributed by atoms with Gasteiger partial charge in [-0.25, -0.2) is 0 Å². The average Bonchev–Trinajstić information content (AvgIpc) is 2.45. The van der Waals surface area contributed by atoms with Crippen molar-refractivity contribution >= 4 is 11.4 Å². The molecule has 1 aromatic heterocycles. The molecule has 0 spiro atoms. The lowest BCUT2D eigenvalue weighted by atomic mass is 10.1. The molecule has 0 saturated heterocycles. The first-order valence-corrected chi connectivity index (χ1v) is 5.35. The number of hydrogen-bond acceptors (Lipinski definition) is 6. The Balaban J connectivity index is 3.13. The smallest absolute Gasteiger partial charge is 0.159 e. The molecule has 0 aliphatic heterocycles. The summed E-state index contributed by atoms with van der Waals surface area (Å²) < 4.78 is 0. The lowest BCUT2D eigenvalue weighted by molar-refractivity contribution is 0.314. The Bertz CT molecular complexity index is 545. The van der Waals surface area contributed by atoms with E-state index in [9.17, 15) is 0 Å². The van der Waals surface area contributed by atoms with Crippen molar-refractivity contribution < 1.29 is 10.4 Å². The Morgan fingerprint density at radius 3 is 2.58 bits per heavy atom. The Morgan fingerprint density at radius 1 is 1.26 bits per heavy atom. The summed E-state index contributed by atoms with van der Waals surface area (Å²) in [5, 5.41) is 24.2. The van der Waals surface area contributed by atoms with Gasteiger partial charge in [0.05, 0.1) is 11.4 Å². The van der Waals surface area contributed by atoms with Gasteiger partial charge in [-0.3, -0.25) is 4.98 Å². The molecule has 0 amide bonds. The Labute approximate surface area is 110 Å². The van der Waals surface area contributed by atoms with Gasteiger partial charge in [0.1, 0.15) is 0 Å². The summed E-state index contributed by atoms with van der Waals surface area (Å²) in [6, 6.07) is 5.02. The van der Waals surface area contributed by atoms with Crippen LogP contribution in [-0.2, 0) is 0 Å².